The van der Waals surface area contributed by atoms with Gasteiger partial charge in [-0.05, 0) is 0 Å². The van der Waals surface area contributed by atoms with Crippen molar-refractivity contribution in [2.24, 2.45) is 0 Å². The van der Waals surface area contributed by atoms with Gasteiger partial charge in [0, 0.05) is 0 Å². The fourth-order valence-corrected chi connectivity index (χ4v) is 9.46. The third-order valence-electron chi connectivity index (χ3n) is 4.84. The summed E-state index contributed by atoms with van der Waals surface area (Å²) >= 11 is -4.83. The molecule has 0 amide bonds. The van der Waals surface area contributed by atoms with Crippen molar-refractivity contribution in [3.8, 4) is 0 Å². The van der Waals surface area contributed by atoms with Crippen molar-refractivity contribution >= 4 is 62.7 Å². The summed E-state index contributed by atoms with van der Waals surface area (Å²) in [5.74, 6) is 1.09. The number of rotatable bonds is 1. The summed E-state index contributed by atoms with van der Waals surface area (Å²) in [5.41, 5.74) is 2.96. The van der Waals surface area contributed by atoms with Crippen molar-refractivity contribution in [1.82, 2.24) is 4.98 Å². The van der Waals surface area contributed by atoms with Crippen LogP contribution in [0.15, 0.2) is 54.7 Å². The normalized spacial score (nSPS) is 19.7. The molecular formula is C20H16N2O2Se2. The van der Waals surface area contributed by atoms with Crippen molar-refractivity contribution in [2.75, 3.05) is 4.90 Å². The Morgan fingerprint density at radius 2 is 1.58 bits per heavy atom. The Hall–Kier alpha value is -1.97. The van der Waals surface area contributed by atoms with Crippen LogP contribution in [-0.2, 0) is 7.67 Å². The van der Waals surface area contributed by atoms with Gasteiger partial charge in [-0.2, -0.15) is 0 Å². The number of anilines is 3. The molecule has 0 spiro atoms. The summed E-state index contributed by atoms with van der Waals surface area (Å²) in [4.78, 5) is 6.64. The van der Waals surface area contributed by atoms with Crippen LogP contribution in [0.3, 0.4) is 0 Å². The summed E-state index contributed by atoms with van der Waals surface area (Å²) in [6.45, 7) is 4.30. The van der Waals surface area contributed by atoms with Gasteiger partial charge in [0.2, 0.25) is 0 Å². The van der Waals surface area contributed by atoms with Crippen molar-refractivity contribution < 1.29 is 7.67 Å². The van der Waals surface area contributed by atoms with Crippen LogP contribution in [0.5, 0.6) is 0 Å². The van der Waals surface area contributed by atoms with E-state index in [1.54, 1.807) is 6.20 Å². The van der Waals surface area contributed by atoms with Crippen molar-refractivity contribution in [2.45, 2.75) is 19.8 Å². The molecule has 3 aromatic rings. The fourth-order valence-electron chi connectivity index (χ4n) is 3.52. The standard InChI is InChI=1S/C20H16N2O2Se2/c1-12(2)13-8-9-15-14(11-13)22-19-16(25(15)23)5-3-6-17(19)26(24)18-7-4-10-21-20(18)22/h3-12H,1-2H3. The first-order valence-corrected chi connectivity index (χ1v) is 13.3. The van der Waals surface area contributed by atoms with Gasteiger partial charge in [-0.15, -0.1) is 0 Å². The first kappa shape index (κ1) is 16.2. The third kappa shape index (κ3) is 2.10. The molecule has 0 radical (unpaired) electrons. The summed E-state index contributed by atoms with van der Waals surface area (Å²) < 4.78 is 29.8. The van der Waals surface area contributed by atoms with Crippen LogP contribution in [0.1, 0.15) is 25.3 Å². The summed E-state index contributed by atoms with van der Waals surface area (Å²) in [6.07, 6.45) is 1.73. The van der Waals surface area contributed by atoms with Crippen molar-refractivity contribution in [3.05, 3.63) is 60.3 Å². The number of hydrogen-bond acceptors (Lipinski definition) is 4. The Kier molecular flexibility index (Phi) is 3.60. The number of pyridine rings is 1. The van der Waals surface area contributed by atoms with E-state index in [0.717, 1.165) is 29.2 Å². The Labute approximate surface area is 160 Å². The Morgan fingerprint density at radius 3 is 2.31 bits per heavy atom. The topological polar surface area (TPSA) is 50.3 Å². The zero-order valence-corrected chi connectivity index (χ0v) is 17.7. The Balaban J connectivity index is 1.90. The van der Waals surface area contributed by atoms with Crippen LogP contribution in [0.2, 0.25) is 0 Å². The van der Waals surface area contributed by atoms with Gasteiger partial charge in [-0.3, -0.25) is 0 Å². The van der Waals surface area contributed by atoms with E-state index < -0.39 is 27.7 Å². The minimum atomic E-state index is -2.42. The summed E-state index contributed by atoms with van der Waals surface area (Å²) in [6, 6.07) is 15.6. The van der Waals surface area contributed by atoms with Gasteiger partial charge in [0.15, 0.2) is 0 Å². The molecule has 0 saturated carbocycles. The number of fused-ring (bicyclic) bond motifs is 4. The molecule has 0 aliphatic carbocycles. The summed E-state index contributed by atoms with van der Waals surface area (Å²) in [5, 5.41) is 0. The van der Waals surface area contributed by atoms with Crippen molar-refractivity contribution in [1.29, 1.82) is 0 Å². The molecule has 2 aromatic carbocycles. The van der Waals surface area contributed by atoms with E-state index in [1.165, 1.54) is 5.56 Å². The SMILES string of the molecule is CC(C)c1ccc2c(c1)N1c3ncccc3[Se](=O)c3cccc(c31)[Se]2=O. The average molecular weight is 474 g/mol. The molecule has 2 aliphatic heterocycles. The quantitative estimate of drug-likeness (QED) is 0.345. The first-order valence-electron chi connectivity index (χ1n) is 8.43. The number of benzene rings is 2. The predicted octanol–water partition coefficient (Wildman–Crippen LogP) is 1.37. The van der Waals surface area contributed by atoms with Gasteiger partial charge in [0.1, 0.15) is 0 Å². The van der Waals surface area contributed by atoms with Crippen LogP contribution >= 0.6 is 0 Å². The second kappa shape index (κ2) is 5.76. The monoisotopic (exact) mass is 476 g/mol. The average Bonchev–Trinajstić information content (AvgIpc) is 2.67. The molecule has 26 heavy (non-hydrogen) atoms. The molecule has 0 saturated heterocycles. The van der Waals surface area contributed by atoms with Crippen LogP contribution in [0.4, 0.5) is 17.2 Å². The third-order valence-corrected chi connectivity index (χ3v) is 11.0. The molecule has 0 N–H and O–H groups in total. The van der Waals surface area contributed by atoms with Gasteiger partial charge < -0.3 is 0 Å². The molecule has 130 valence electrons. The second-order valence-corrected chi connectivity index (χ2v) is 12.6. The van der Waals surface area contributed by atoms with Gasteiger partial charge in [0.05, 0.1) is 0 Å². The van der Waals surface area contributed by atoms with E-state index in [4.69, 9.17) is 0 Å². The molecule has 2 unspecified atom stereocenters. The van der Waals surface area contributed by atoms with Crippen LogP contribution in [0.25, 0.3) is 0 Å². The second-order valence-electron chi connectivity index (χ2n) is 6.68. The number of hydrogen-bond donors (Lipinski definition) is 0. The fraction of sp³-hybridized carbons (Fsp3) is 0.150. The minimum absolute atomic E-state index is 0.371. The molecule has 3 heterocycles. The Morgan fingerprint density at radius 1 is 0.885 bits per heavy atom. The van der Waals surface area contributed by atoms with Crippen molar-refractivity contribution in [3.63, 3.8) is 0 Å². The van der Waals surface area contributed by atoms with Gasteiger partial charge in [-0.1, -0.05) is 0 Å². The molecule has 2 atom stereocenters. The number of aromatic nitrogens is 1. The molecule has 0 fully saturated rings. The molecule has 1 aromatic heterocycles. The van der Waals surface area contributed by atoms with E-state index in [1.807, 2.05) is 36.4 Å². The summed E-state index contributed by atoms with van der Waals surface area (Å²) in [7, 11) is 0. The number of para-hydroxylation sites is 1. The van der Waals surface area contributed by atoms with Gasteiger partial charge in [-0.25, -0.2) is 0 Å². The van der Waals surface area contributed by atoms with E-state index >= 15 is 0 Å². The van der Waals surface area contributed by atoms with E-state index in [0.29, 0.717) is 11.7 Å². The van der Waals surface area contributed by atoms with E-state index in [9.17, 15) is 7.67 Å². The maximum absolute atomic E-state index is 13.3. The number of nitrogens with zero attached hydrogens (tertiary/aromatic N) is 2. The zero-order valence-electron chi connectivity index (χ0n) is 14.3. The van der Waals surface area contributed by atoms with Crippen LogP contribution in [-0.4, -0.2) is 32.6 Å². The zero-order chi connectivity index (χ0) is 18.0. The molecule has 6 heteroatoms. The first-order chi connectivity index (χ1) is 12.6. The van der Waals surface area contributed by atoms with Crippen LogP contribution < -0.4 is 22.7 Å². The predicted molar refractivity (Wildman–Crippen MR) is 104 cm³/mol. The molecule has 2 aliphatic rings. The molecule has 0 bridgehead atoms. The van der Waals surface area contributed by atoms with Gasteiger partial charge in [0.25, 0.3) is 0 Å². The molecule has 5 rings (SSSR count). The molecule has 4 nitrogen and oxygen atoms in total. The van der Waals surface area contributed by atoms with E-state index in [2.05, 4.69) is 35.9 Å². The van der Waals surface area contributed by atoms with Gasteiger partial charge >= 0.3 is 160 Å². The van der Waals surface area contributed by atoms with Crippen LogP contribution in [0, 0.1) is 0 Å². The van der Waals surface area contributed by atoms with E-state index in [-0.39, 0.29) is 0 Å². The molecular weight excluding hydrogens is 458 g/mol. The Bertz CT molecular complexity index is 1110. The maximum atomic E-state index is 13.3.